The summed E-state index contributed by atoms with van der Waals surface area (Å²) in [5.41, 5.74) is 5.85. The summed E-state index contributed by atoms with van der Waals surface area (Å²) in [6, 6.07) is 7.84. The third-order valence-electron chi connectivity index (χ3n) is 5.28. The number of amidine groups is 1. The van der Waals surface area contributed by atoms with Gasteiger partial charge in [0.1, 0.15) is 17.6 Å². The number of hydrogen-bond donors (Lipinski definition) is 4. The zero-order valence-corrected chi connectivity index (χ0v) is 20.5. The molecule has 1 atom stereocenters. The van der Waals surface area contributed by atoms with Crippen molar-refractivity contribution >= 4 is 17.5 Å². The van der Waals surface area contributed by atoms with Gasteiger partial charge in [-0.05, 0) is 35.9 Å². The number of nitrogens with zero attached hydrogens (tertiary/aromatic N) is 4. The molecule has 0 fully saturated rings. The largest absolute Gasteiger partial charge is 0.493 e. The summed E-state index contributed by atoms with van der Waals surface area (Å²) >= 11 is 0. The first-order valence-corrected chi connectivity index (χ1v) is 11.0. The molecule has 4 rings (SSSR count). The number of anilines is 1. The van der Waals surface area contributed by atoms with E-state index in [0.29, 0.717) is 11.3 Å². The smallest absolute Gasteiger partial charge is 0.350 e. The maximum Gasteiger partial charge on any atom is 0.350 e. The molecule has 0 bridgehead atoms. The molecule has 0 radical (unpaired) electrons. The van der Waals surface area contributed by atoms with Crippen molar-refractivity contribution in [2.45, 2.75) is 13.0 Å². The Morgan fingerprint density at radius 1 is 1.16 bits per heavy atom. The summed E-state index contributed by atoms with van der Waals surface area (Å²) in [6.07, 6.45) is 2.91. The standard InChI is InChI=1S/C24H23FN8O5/c1-12(34)38-17-11-14(5-6-15(17)21(26)27)30-19(13-9-16(25)20(37-3)18(10-13)36-2)22-31-24(35)33(32-22)23-28-7-4-8-29-23/h4-11,19,30H,1-3H3,(H3,26,27)(H,31,32,35)/t19-/m0/s1. The number of nitrogen functional groups attached to an aromatic ring is 1. The van der Waals surface area contributed by atoms with Crippen LogP contribution in [-0.4, -0.2) is 50.8 Å². The molecule has 0 unspecified atom stereocenters. The van der Waals surface area contributed by atoms with E-state index in [1.807, 2.05) is 0 Å². The van der Waals surface area contributed by atoms with Gasteiger partial charge in [0.15, 0.2) is 23.1 Å². The molecule has 13 nitrogen and oxygen atoms in total. The van der Waals surface area contributed by atoms with Crippen LogP contribution in [0.25, 0.3) is 5.95 Å². The number of aromatic nitrogens is 5. The van der Waals surface area contributed by atoms with Crippen LogP contribution in [0.5, 0.6) is 17.2 Å². The molecule has 0 aliphatic rings. The molecule has 14 heteroatoms. The highest BCUT2D eigenvalue weighted by molar-refractivity contribution is 5.98. The maximum atomic E-state index is 15.0. The van der Waals surface area contributed by atoms with E-state index in [-0.39, 0.29) is 40.4 Å². The second kappa shape index (κ2) is 10.8. The van der Waals surface area contributed by atoms with Gasteiger partial charge in [0.05, 0.1) is 19.8 Å². The highest BCUT2D eigenvalue weighted by Crippen LogP contribution is 2.36. The molecular weight excluding hydrogens is 499 g/mol. The van der Waals surface area contributed by atoms with Gasteiger partial charge in [-0.25, -0.2) is 19.2 Å². The third-order valence-corrected chi connectivity index (χ3v) is 5.28. The number of H-pyrrole nitrogens is 1. The number of hydrogen-bond acceptors (Lipinski definition) is 10. The van der Waals surface area contributed by atoms with Crippen molar-refractivity contribution in [2.24, 2.45) is 5.73 Å². The van der Waals surface area contributed by atoms with Crippen molar-refractivity contribution in [1.82, 2.24) is 24.7 Å². The Hall–Kier alpha value is -5.27. The van der Waals surface area contributed by atoms with E-state index in [2.05, 4.69) is 25.4 Å². The molecule has 0 saturated heterocycles. The van der Waals surface area contributed by atoms with Crippen molar-refractivity contribution in [3.63, 3.8) is 0 Å². The second-order valence-electron chi connectivity index (χ2n) is 7.81. The van der Waals surface area contributed by atoms with Gasteiger partial charge in [-0.2, -0.15) is 0 Å². The minimum atomic E-state index is -0.963. The Bertz CT molecular complexity index is 1550. The van der Waals surface area contributed by atoms with Crippen LogP contribution in [0.4, 0.5) is 10.1 Å². The number of methoxy groups -OCH3 is 2. The molecule has 2 aromatic heterocycles. The van der Waals surface area contributed by atoms with Crippen molar-refractivity contribution in [3.05, 3.63) is 82.0 Å². The summed E-state index contributed by atoms with van der Waals surface area (Å²) in [6.45, 7) is 1.21. The first-order valence-electron chi connectivity index (χ1n) is 11.0. The zero-order valence-electron chi connectivity index (χ0n) is 20.5. The number of benzene rings is 2. The highest BCUT2D eigenvalue weighted by atomic mass is 19.1. The lowest BCUT2D eigenvalue weighted by atomic mass is 10.0. The van der Waals surface area contributed by atoms with Gasteiger partial charge < -0.3 is 25.3 Å². The monoisotopic (exact) mass is 522 g/mol. The fourth-order valence-electron chi connectivity index (χ4n) is 3.66. The van der Waals surface area contributed by atoms with Crippen molar-refractivity contribution in [2.75, 3.05) is 19.5 Å². The molecule has 4 aromatic rings. The van der Waals surface area contributed by atoms with Crippen LogP contribution < -0.4 is 31.0 Å². The maximum absolute atomic E-state index is 15.0. The van der Waals surface area contributed by atoms with E-state index >= 15 is 0 Å². The average molecular weight is 522 g/mol. The van der Waals surface area contributed by atoms with E-state index in [1.165, 1.54) is 57.8 Å². The number of ether oxygens (including phenoxy) is 3. The number of carbonyl (C=O) groups is 1. The zero-order chi connectivity index (χ0) is 27.4. The van der Waals surface area contributed by atoms with Crippen molar-refractivity contribution < 1.29 is 23.4 Å². The van der Waals surface area contributed by atoms with Gasteiger partial charge in [0, 0.05) is 31.1 Å². The minimum absolute atomic E-state index is 0.0280. The Kier molecular flexibility index (Phi) is 7.32. The fourth-order valence-corrected chi connectivity index (χ4v) is 3.66. The minimum Gasteiger partial charge on any atom is -0.493 e. The van der Waals surface area contributed by atoms with Crippen molar-refractivity contribution in [3.8, 4) is 23.2 Å². The van der Waals surface area contributed by atoms with Crippen LogP contribution in [0.1, 0.15) is 29.9 Å². The van der Waals surface area contributed by atoms with Crippen LogP contribution in [0, 0.1) is 11.2 Å². The molecule has 0 spiro atoms. The summed E-state index contributed by atoms with van der Waals surface area (Å²) < 4.78 is 31.5. The number of halogens is 1. The summed E-state index contributed by atoms with van der Waals surface area (Å²) in [5.74, 6) is -1.49. The predicted molar refractivity (Wildman–Crippen MR) is 134 cm³/mol. The normalized spacial score (nSPS) is 11.5. The lowest BCUT2D eigenvalue weighted by Crippen LogP contribution is -2.18. The first kappa shape index (κ1) is 25.8. The molecule has 2 aromatic carbocycles. The Labute approximate surface area is 214 Å². The number of aromatic amines is 1. The van der Waals surface area contributed by atoms with Crippen LogP contribution in [0.15, 0.2) is 53.6 Å². The second-order valence-corrected chi connectivity index (χ2v) is 7.81. The van der Waals surface area contributed by atoms with Crippen LogP contribution >= 0.6 is 0 Å². The molecule has 0 aliphatic heterocycles. The number of carbonyl (C=O) groups excluding carboxylic acids is 1. The van der Waals surface area contributed by atoms with Gasteiger partial charge in [0.2, 0.25) is 0 Å². The highest BCUT2D eigenvalue weighted by Gasteiger charge is 2.25. The Morgan fingerprint density at radius 3 is 2.53 bits per heavy atom. The van der Waals surface area contributed by atoms with E-state index in [9.17, 15) is 14.0 Å². The van der Waals surface area contributed by atoms with E-state index in [0.717, 1.165) is 4.68 Å². The molecule has 2 heterocycles. The Balaban J connectivity index is 1.85. The fraction of sp³-hybridized carbons (Fsp3) is 0.167. The quantitative estimate of drug-likeness (QED) is 0.110. The first-order chi connectivity index (χ1) is 18.2. The topological polar surface area (TPSA) is 183 Å². The van der Waals surface area contributed by atoms with Crippen LogP contribution in [-0.2, 0) is 4.79 Å². The van der Waals surface area contributed by atoms with E-state index in [4.69, 9.17) is 25.4 Å². The molecule has 5 N–H and O–H groups in total. The van der Waals surface area contributed by atoms with Gasteiger partial charge in [0.25, 0.3) is 5.95 Å². The number of nitrogens with one attached hydrogen (secondary N) is 3. The lowest BCUT2D eigenvalue weighted by Gasteiger charge is -2.21. The number of rotatable bonds is 9. The van der Waals surface area contributed by atoms with Gasteiger partial charge in [-0.3, -0.25) is 15.2 Å². The number of nitrogens with two attached hydrogens (primary N) is 1. The molecular formula is C24H23FN8O5. The average Bonchev–Trinajstić information content (AvgIpc) is 3.27. The van der Waals surface area contributed by atoms with Gasteiger partial charge >= 0.3 is 11.7 Å². The molecule has 196 valence electrons. The van der Waals surface area contributed by atoms with Crippen LogP contribution in [0.3, 0.4) is 0 Å². The number of esters is 1. The van der Waals surface area contributed by atoms with Gasteiger partial charge in [-0.1, -0.05) is 0 Å². The third kappa shape index (κ3) is 5.28. The molecule has 0 saturated carbocycles. The van der Waals surface area contributed by atoms with Crippen LogP contribution in [0.2, 0.25) is 0 Å². The van der Waals surface area contributed by atoms with Gasteiger partial charge in [-0.15, -0.1) is 9.78 Å². The Morgan fingerprint density at radius 2 is 1.89 bits per heavy atom. The molecule has 0 aliphatic carbocycles. The predicted octanol–water partition coefficient (Wildman–Crippen LogP) is 1.92. The van der Waals surface area contributed by atoms with E-state index in [1.54, 1.807) is 12.1 Å². The van der Waals surface area contributed by atoms with E-state index < -0.39 is 23.5 Å². The van der Waals surface area contributed by atoms with Crippen molar-refractivity contribution in [1.29, 1.82) is 5.41 Å². The summed E-state index contributed by atoms with van der Waals surface area (Å²) in [7, 11) is 2.67. The summed E-state index contributed by atoms with van der Waals surface area (Å²) in [4.78, 5) is 35.1. The lowest BCUT2D eigenvalue weighted by molar-refractivity contribution is -0.131. The SMILES string of the molecule is COc1cc([C@H](Nc2ccc(C(=N)N)c(OC(C)=O)c2)c2nn(-c3ncccn3)c(=O)[nH]2)cc(F)c1OC. The molecule has 38 heavy (non-hydrogen) atoms. The summed E-state index contributed by atoms with van der Waals surface area (Å²) in [5, 5.41) is 15.2. The molecule has 0 amide bonds.